The summed E-state index contributed by atoms with van der Waals surface area (Å²) in [6, 6.07) is 12.6. The van der Waals surface area contributed by atoms with Crippen LogP contribution in [0.5, 0.6) is 0 Å². The van der Waals surface area contributed by atoms with Gasteiger partial charge in [-0.2, -0.15) is 0 Å². The van der Waals surface area contributed by atoms with Crippen LogP contribution in [-0.2, 0) is 0 Å². The number of H-pyrrole nitrogens is 1. The summed E-state index contributed by atoms with van der Waals surface area (Å²) in [7, 11) is 0. The first-order valence-electron chi connectivity index (χ1n) is 6.42. The number of rotatable bonds is 3. The van der Waals surface area contributed by atoms with E-state index in [4.69, 9.17) is 11.6 Å². The normalized spacial score (nSPS) is 12.6. The van der Waals surface area contributed by atoms with Gasteiger partial charge in [-0.15, -0.1) is 0 Å². The van der Waals surface area contributed by atoms with Gasteiger partial charge < -0.3 is 10.3 Å². The molecule has 0 spiro atoms. The van der Waals surface area contributed by atoms with E-state index in [1.165, 1.54) is 12.1 Å². The molecule has 0 aliphatic rings. The van der Waals surface area contributed by atoms with Crippen molar-refractivity contribution in [3.05, 3.63) is 65.1 Å². The number of halogens is 2. The largest absolute Gasteiger partial charge is 0.378 e. The molecule has 2 aromatic carbocycles. The van der Waals surface area contributed by atoms with Crippen LogP contribution in [0, 0.1) is 5.82 Å². The van der Waals surface area contributed by atoms with Crippen molar-refractivity contribution in [3.63, 3.8) is 0 Å². The fourth-order valence-corrected chi connectivity index (χ4v) is 2.65. The van der Waals surface area contributed by atoms with Crippen molar-refractivity contribution in [2.24, 2.45) is 0 Å². The van der Waals surface area contributed by atoms with Gasteiger partial charge >= 0.3 is 0 Å². The van der Waals surface area contributed by atoms with E-state index in [1.807, 2.05) is 31.3 Å². The molecule has 0 aliphatic carbocycles. The van der Waals surface area contributed by atoms with E-state index in [-0.39, 0.29) is 11.9 Å². The van der Waals surface area contributed by atoms with Crippen molar-refractivity contribution in [3.8, 4) is 0 Å². The molecule has 3 aromatic rings. The van der Waals surface area contributed by atoms with Crippen LogP contribution >= 0.6 is 11.6 Å². The summed E-state index contributed by atoms with van der Waals surface area (Å²) < 4.78 is 13.1. The van der Waals surface area contributed by atoms with Crippen LogP contribution in [0.3, 0.4) is 0 Å². The Hall–Kier alpha value is -2.00. The Bertz CT molecular complexity index is 751. The molecule has 2 nitrogen and oxygen atoms in total. The van der Waals surface area contributed by atoms with Crippen molar-refractivity contribution in [2.45, 2.75) is 13.0 Å². The summed E-state index contributed by atoms with van der Waals surface area (Å²) in [5, 5.41) is 4.96. The first-order valence-corrected chi connectivity index (χ1v) is 6.80. The SMILES string of the molecule is CC(Nc1ccc2[nH]ccc2c1)c1ccc(F)cc1Cl. The molecule has 0 bridgehead atoms. The van der Waals surface area contributed by atoms with E-state index in [2.05, 4.69) is 16.4 Å². The van der Waals surface area contributed by atoms with Gasteiger partial charge in [-0.1, -0.05) is 17.7 Å². The summed E-state index contributed by atoms with van der Waals surface area (Å²) in [5.74, 6) is -0.320. The van der Waals surface area contributed by atoms with Gasteiger partial charge in [0.05, 0.1) is 0 Å². The Morgan fingerprint density at radius 3 is 2.80 bits per heavy atom. The molecule has 0 fully saturated rings. The predicted octanol–water partition coefficient (Wildman–Crippen LogP) is 5.13. The van der Waals surface area contributed by atoms with Crippen LogP contribution in [0.4, 0.5) is 10.1 Å². The minimum atomic E-state index is -0.320. The Morgan fingerprint density at radius 2 is 2.00 bits per heavy atom. The third kappa shape index (κ3) is 2.49. The van der Waals surface area contributed by atoms with Gasteiger partial charge in [0.25, 0.3) is 0 Å². The molecule has 4 heteroatoms. The zero-order chi connectivity index (χ0) is 14.1. The molecule has 3 rings (SSSR count). The maximum Gasteiger partial charge on any atom is 0.124 e. The lowest BCUT2D eigenvalue weighted by Crippen LogP contribution is -2.07. The van der Waals surface area contributed by atoms with Gasteiger partial charge in [0.1, 0.15) is 5.82 Å². The molecule has 1 atom stereocenters. The van der Waals surface area contributed by atoms with Crippen LogP contribution in [0.25, 0.3) is 10.9 Å². The number of benzene rings is 2. The Kier molecular flexibility index (Phi) is 3.36. The molecule has 0 saturated heterocycles. The summed E-state index contributed by atoms with van der Waals surface area (Å²) in [6.07, 6.45) is 1.91. The fourth-order valence-electron chi connectivity index (χ4n) is 2.32. The number of hydrogen-bond donors (Lipinski definition) is 2. The van der Waals surface area contributed by atoms with Gasteiger partial charge in [-0.05, 0) is 48.9 Å². The molecule has 1 heterocycles. The van der Waals surface area contributed by atoms with Crippen molar-refractivity contribution in [1.82, 2.24) is 4.98 Å². The van der Waals surface area contributed by atoms with Crippen LogP contribution in [0.2, 0.25) is 5.02 Å². The molecule has 0 saturated carbocycles. The second-order valence-electron chi connectivity index (χ2n) is 4.81. The molecule has 102 valence electrons. The quantitative estimate of drug-likeness (QED) is 0.687. The maximum atomic E-state index is 13.1. The monoisotopic (exact) mass is 288 g/mol. The molecule has 0 radical (unpaired) electrons. The number of aromatic amines is 1. The van der Waals surface area contributed by atoms with Gasteiger partial charge in [0, 0.05) is 33.9 Å². The number of hydrogen-bond acceptors (Lipinski definition) is 1. The lowest BCUT2D eigenvalue weighted by Gasteiger charge is -2.17. The predicted molar refractivity (Wildman–Crippen MR) is 81.7 cm³/mol. The van der Waals surface area contributed by atoms with Gasteiger partial charge in [-0.25, -0.2) is 4.39 Å². The van der Waals surface area contributed by atoms with Gasteiger partial charge in [0.2, 0.25) is 0 Å². The Morgan fingerprint density at radius 1 is 1.15 bits per heavy atom. The van der Waals surface area contributed by atoms with E-state index in [1.54, 1.807) is 6.07 Å². The molecule has 1 unspecified atom stereocenters. The van der Waals surface area contributed by atoms with Gasteiger partial charge in [-0.3, -0.25) is 0 Å². The fraction of sp³-hybridized carbons (Fsp3) is 0.125. The van der Waals surface area contributed by atoms with Crippen LogP contribution in [0.1, 0.15) is 18.5 Å². The zero-order valence-electron chi connectivity index (χ0n) is 11.0. The summed E-state index contributed by atoms with van der Waals surface area (Å²) in [6.45, 7) is 2.00. The standard InChI is InChI=1S/C16H14ClFN2/c1-10(14-4-2-12(18)9-15(14)17)20-13-3-5-16-11(8-13)6-7-19-16/h2-10,19-20H,1H3. The third-order valence-electron chi connectivity index (χ3n) is 3.37. The van der Waals surface area contributed by atoms with E-state index < -0.39 is 0 Å². The minimum Gasteiger partial charge on any atom is -0.378 e. The highest BCUT2D eigenvalue weighted by Gasteiger charge is 2.10. The van der Waals surface area contributed by atoms with Crippen LogP contribution < -0.4 is 5.32 Å². The van der Waals surface area contributed by atoms with E-state index >= 15 is 0 Å². The zero-order valence-corrected chi connectivity index (χ0v) is 11.7. The van der Waals surface area contributed by atoms with Crippen molar-refractivity contribution in [1.29, 1.82) is 0 Å². The topological polar surface area (TPSA) is 27.8 Å². The second-order valence-corrected chi connectivity index (χ2v) is 5.22. The van der Waals surface area contributed by atoms with E-state index in [0.717, 1.165) is 22.2 Å². The highest BCUT2D eigenvalue weighted by molar-refractivity contribution is 6.31. The number of fused-ring (bicyclic) bond motifs is 1. The molecular weight excluding hydrogens is 275 g/mol. The summed E-state index contributed by atoms with van der Waals surface area (Å²) in [5.41, 5.74) is 2.98. The second kappa shape index (κ2) is 5.17. The number of aromatic nitrogens is 1. The van der Waals surface area contributed by atoms with Crippen molar-refractivity contribution >= 4 is 28.2 Å². The van der Waals surface area contributed by atoms with Crippen molar-refractivity contribution in [2.75, 3.05) is 5.32 Å². The first-order chi connectivity index (χ1) is 9.63. The molecule has 0 aliphatic heterocycles. The lowest BCUT2D eigenvalue weighted by atomic mass is 10.1. The average Bonchev–Trinajstić information content (AvgIpc) is 2.85. The van der Waals surface area contributed by atoms with E-state index in [9.17, 15) is 4.39 Å². The Balaban J connectivity index is 1.85. The third-order valence-corrected chi connectivity index (χ3v) is 3.69. The average molecular weight is 289 g/mol. The van der Waals surface area contributed by atoms with Crippen molar-refractivity contribution < 1.29 is 4.39 Å². The maximum absolute atomic E-state index is 13.1. The highest BCUT2D eigenvalue weighted by Crippen LogP contribution is 2.27. The molecule has 0 amide bonds. The molecular formula is C16H14ClFN2. The highest BCUT2D eigenvalue weighted by atomic mass is 35.5. The summed E-state index contributed by atoms with van der Waals surface area (Å²) >= 11 is 6.08. The number of anilines is 1. The Labute approximate surface area is 121 Å². The molecule has 20 heavy (non-hydrogen) atoms. The minimum absolute atomic E-state index is 0.000471. The van der Waals surface area contributed by atoms with Crippen LogP contribution in [-0.4, -0.2) is 4.98 Å². The summed E-state index contributed by atoms with van der Waals surface area (Å²) in [4.78, 5) is 3.16. The lowest BCUT2D eigenvalue weighted by molar-refractivity contribution is 0.626. The first kappa shape index (κ1) is 13.0. The molecule has 1 aromatic heterocycles. The van der Waals surface area contributed by atoms with Gasteiger partial charge in [0.15, 0.2) is 0 Å². The smallest absolute Gasteiger partial charge is 0.124 e. The number of nitrogens with one attached hydrogen (secondary N) is 2. The van der Waals surface area contributed by atoms with E-state index in [0.29, 0.717) is 5.02 Å². The van der Waals surface area contributed by atoms with Crippen LogP contribution in [0.15, 0.2) is 48.7 Å². The molecule has 2 N–H and O–H groups in total.